The Balaban J connectivity index is 1.76. The van der Waals surface area contributed by atoms with Gasteiger partial charge in [-0.3, -0.25) is 0 Å². The number of sulfonamides is 1. The Hall–Kier alpha value is -1.89. The lowest BCUT2D eigenvalue weighted by molar-refractivity contribution is 0.103. The number of ether oxygens (including phenoxy) is 1. The van der Waals surface area contributed by atoms with Crippen LogP contribution in [-0.4, -0.2) is 32.3 Å². The third-order valence-corrected chi connectivity index (χ3v) is 5.74. The van der Waals surface area contributed by atoms with Crippen molar-refractivity contribution in [2.75, 3.05) is 6.61 Å². The number of aliphatic hydroxyl groups excluding tert-OH is 1. The molecule has 2 atom stereocenters. The molecule has 0 fully saturated rings. The largest absolute Gasteiger partial charge is 0.488 e. The maximum Gasteiger partial charge on any atom is 0.241 e. The van der Waals surface area contributed by atoms with Crippen molar-refractivity contribution in [2.45, 2.75) is 36.8 Å². The molecule has 0 bridgehead atoms. The Labute approximate surface area is 142 Å². The van der Waals surface area contributed by atoms with Gasteiger partial charge in [0.2, 0.25) is 10.0 Å². The van der Waals surface area contributed by atoms with E-state index in [1.54, 1.807) is 24.3 Å². The van der Waals surface area contributed by atoms with Gasteiger partial charge in [0.05, 0.1) is 17.5 Å². The SMILES string of the molecule is Cc1ccc(S(=O)(=O)N[C@@H](CO)[C@H]2CCc3ccccc3O2)cc1. The van der Waals surface area contributed by atoms with Crippen LogP contribution in [0.4, 0.5) is 0 Å². The summed E-state index contributed by atoms with van der Waals surface area (Å²) in [7, 11) is -3.71. The summed E-state index contributed by atoms with van der Waals surface area (Å²) < 4.78 is 33.5. The molecule has 2 N–H and O–H groups in total. The Kier molecular flexibility index (Phi) is 4.89. The summed E-state index contributed by atoms with van der Waals surface area (Å²) in [6, 6.07) is 13.6. The van der Waals surface area contributed by atoms with Gasteiger partial charge in [-0.2, -0.15) is 0 Å². The molecular weight excluding hydrogens is 326 g/mol. The van der Waals surface area contributed by atoms with E-state index in [1.807, 2.05) is 31.2 Å². The van der Waals surface area contributed by atoms with Gasteiger partial charge in [0.15, 0.2) is 0 Å². The van der Waals surface area contributed by atoms with E-state index in [9.17, 15) is 13.5 Å². The predicted octanol–water partition coefficient (Wildman–Crippen LogP) is 2.03. The number of benzene rings is 2. The molecule has 5 nitrogen and oxygen atoms in total. The maximum atomic E-state index is 12.5. The van der Waals surface area contributed by atoms with Crippen LogP contribution in [0.5, 0.6) is 5.75 Å². The minimum atomic E-state index is -3.71. The average molecular weight is 347 g/mol. The van der Waals surface area contributed by atoms with Gasteiger partial charge in [-0.1, -0.05) is 35.9 Å². The summed E-state index contributed by atoms with van der Waals surface area (Å²) in [5.74, 6) is 0.752. The van der Waals surface area contributed by atoms with E-state index in [2.05, 4.69) is 4.72 Å². The van der Waals surface area contributed by atoms with Crippen molar-refractivity contribution in [2.24, 2.45) is 0 Å². The van der Waals surface area contributed by atoms with Crippen molar-refractivity contribution < 1.29 is 18.3 Å². The molecule has 128 valence electrons. The van der Waals surface area contributed by atoms with E-state index in [0.29, 0.717) is 6.42 Å². The first-order chi connectivity index (χ1) is 11.5. The molecule has 2 aromatic rings. The molecule has 0 spiro atoms. The lowest BCUT2D eigenvalue weighted by Gasteiger charge is -2.31. The molecule has 3 rings (SSSR count). The van der Waals surface area contributed by atoms with Gasteiger partial charge >= 0.3 is 0 Å². The van der Waals surface area contributed by atoms with Crippen molar-refractivity contribution in [1.82, 2.24) is 4.72 Å². The molecule has 0 aliphatic carbocycles. The second kappa shape index (κ2) is 6.93. The highest BCUT2D eigenvalue weighted by Gasteiger charge is 2.31. The minimum absolute atomic E-state index is 0.183. The standard InChI is InChI=1S/C18H21NO4S/c1-13-6-9-15(10-7-13)24(21,22)19-16(12-20)18-11-8-14-4-2-3-5-17(14)23-18/h2-7,9-10,16,18-20H,8,11-12H2,1H3/t16-,18+/m0/s1. The number of rotatable bonds is 5. The highest BCUT2D eigenvalue weighted by atomic mass is 32.2. The average Bonchev–Trinajstić information content (AvgIpc) is 2.59. The molecule has 1 aliphatic heterocycles. The zero-order chi connectivity index (χ0) is 17.2. The van der Waals surface area contributed by atoms with Gasteiger partial charge in [-0.15, -0.1) is 0 Å². The second-order valence-electron chi connectivity index (χ2n) is 6.03. The Morgan fingerprint density at radius 1 is 1.21 bits per heavy atom. The quantitative estimate of drug-likeness (QED) is 0.868. The van der Waals surface area contributed by atoms with Gasteiger partial charge in [0, 0.05) is 0 Å². The summed E-state index contributed by atoms with van der Waals surface area (Å²) in [5.41, 5.74) is 2.09. The number of hydrogen-bond acceptors (Lipinski definition) is 4. The smallest absolute Gasteiger partial charge is 0.241 e. The monoisotopic (exact) mass is 347 g/mol. The van der Waals surface area contributed by atoms with Crippen LogP contribution in [0.2, 0.25) is 0 Å². The number of para-hydroxylation sites is 1. The summed E-state index contributed by atoms with van der Waals surface area (Å²) in [6.45, 7) is 1.57. The number of nitrogens with one attached hydrogen (secondary N) is 1. The molecule has 2 aromatic carbocycles. The number of aliphatic hydroxyl groups is 1. The van der Waals surface area contributed by atoms with Crippen LogP contribution in [-0.2, 0) is 16.4 Å². The maximum absolute atomic E-state index is 12.5. The molecule has 0 radical (unpaired) electrons. The molecule has 0 aromatic heterocycles. The Morgan fingerprint density at radius 2 is 1.92 bits per heavy atom. The lowest BCUT2D eigenvalue weighted by atomic mass is 9.98. The van der Waals surface area contributed by atoms with E-state index in [-0.39, 0.29) is 11.5 Å². The van der Waals surface area contributed by atoms with E-state index in [1.165, 1.54) is 0 Å². The van der Waals surface area contributed by atoms with Crippen molar-refractivity contribution >= 4 is 10.0 Å². The van der Waals surface area contributed by atoms with E-state index in [0.717, 1.165) is 23.3 Å². The molecule has 24 heavy (non-hydrogen) atoms. The molecule has 6 heteroatoms. The Morgan fingerprint density at radius 3 is 2.62 bits per heavy atom. The van der Waals surface area contributed by atoms with Crippen LogP contribution in [0.3, 0.4) is 0 Å². The van der Waals surface area contributed by atoms with Crippen LogP contribution in [0, 0.1) is 6.92 Å². The van der Waals surface area contributed by atoms with E-state index in [4.69, 9.17) is 4.74 Å². The van der Waals surface area contributed by atoms with Crippen molar-refractivity contribution in [3.05, 3.63) is 59.7 Å². The molecule has 0 saturated heterocycles. The third kappa shape index (κ3) is 3.61. The topological polar surface area (TPSA) is 75.6 Å². The lowest BCUT2D eigenvalue weighted by Crippen LogP contribution is -2.49. The third-order valence-electron chi connectivity index (χ3n) is 4.23. The highest BCUT2D eigenvalue weighted by Crippen LogP contribution is 2.28. The van der Waals surface area contributed by atoms with Crippen LogP contribution >= 0.6 is 0 Å². The van der Waals surface area contributed by atoms with Crippen molar-refractivity contribution in [3.8, 4) is 5.75 Å². The normalized spacial score (nSPS) is 18.5. The summed E-state index contributed by atoms with van der Waals surface area (Å²) in [6.07, 6.45) is 1.05. The second-order valence-corrected chi connectivity index (χ2v) is 7.74. The van der Waals surface area contributed by atoms with Crippen LogP contribution in [0.25, 0.3) is 0 Å². The fraction of sp³-hybridized carbons (Fsp3) is 0.333. The van der Waals surface area contributed by atoms with Gasteiger partial charge in [0.25, 0.3) is 0 Å². The number of fused-ring (bicyclic) bond motifs is 1. The van der Waals surface area contributed by atoms with E-state index < -0.39 is 22.2 Å². The predicted molar refractivity (Wildman–Crippen MR) is 91.6 cm³/mol. The van der Waals surface area contributed by atoms with Crippen LogP contribution in [0.15, 0.2) is 53.4 Å². The molecule has 1 heterocycles. The number of hydrogen-bond donors (Lipinski definition) is 2. The first kappa shape index (κ1) is 17.0. The fourth-order valence-electron chi connectivity index (χ4n) is 2.84. The van der Waals surface area contributed by atoms with Crippen molar-refractivity contribution in [3.63, 3.8) is 0 Å². The first-order valence-corrected chi connectivity index (χ1v) is 9.42. The summed E-state index contributed by atoms with van der Waals surface area (Å²) >= 11 is 0. The summed E-state index contributed by atoms with van der Waals surface area (Å²) in [4.78, 5) is 0.183. The van der Waals surface area contributed by atoms with Gasteiger partial charge < -0.3 is 9.84 Å². The van der Waals surface area contributed by atoms with Gasteiger partial charge in [-0.05, 0) is 43.5 Å². The first-order valence-electron chi connectivity index (χ1n) is 7.94. The Bertz CT molecular complexity index is 802. The molecule has 1 aliphatic rings. The molecule has 0 unspecified atom stereocenters. The fourth-order valence-corrected chi connectivity index (χ4v) is 4.10. The zero-order valence-corrected chi connectivity index (χ0v) is 14.3. The summed E-state index contributed by atoms with van der Waals surface area (Å²) in [5, 5.41) is 9.67. The molecular formula is C18H21NO4S. The molecule has 0 amide bonds. The van der Waals surface area contributed by atoms with Crippen molar-refractivity contribution in [1.29, 1.82) is 0 Å². The minimum Gasteiger partial charge on any atom is -0.488 e. The van der Waals surface area contributed by atoms with Gasteiger partial charge in [-0.25, -0.2) is 13.1 Å². The van der Waals surface area contributed by atoms with Crippen LogP contribution in [0.1, 0.15) is 17.5 Å². The van der Waals surface area contributed by atoms with Gasteiger partial charge in [0.1, 0.15) is 11.9 Å². The van der Waals surface area contributed by atoms with E-state index >= 15 is 0 Å². The molecule has 0 saturated carbocycles. The number of aryl methyl sites for hydroxylation is 2. The highest BCUT2D eigenvalue weighted by molar-refractivity contribution is 7.89. The van der Waals surface area contributed by atoms with Crippen LogP contribution < -0.4 is 9.46 Å². The zero-order valence-electron chi connectivity index (χ0n) is 13.5.